The average molecular weight is 559 g/mol. The second-order valence-corrected chi connectivity index (χ2v) is 11.7. The summed E-state index contributed by atoms with van der Waals surface area (Å²) in [5, 5.41) is 12.6. The van der Waals surface area contributed by atoms with E-state index in [2.05, 4.69) is 167 Å². The van der Waals surface area contributed by atoms with Gasteiger partial charge < -0.3 is 9.13 Å². The highest BCUT2D eigenvalue weighted by Gasteiger charge is 2.22. The molecule has 204 valence electrons. The monoisotopic (exact) mass is 558 g/mol. The smallest absolute Gasteiger partial charge is 0.0789 e. The molecular weight excluding hydrogens is 532 g/mol. The van der Waals surface area contributed by atoms with Gasteiger partial charge in [0.15, 0.2) is 0 Å². The van der Waals surface area contributed by atoms with E-state index in [1.54, 1.807) is 0 Å². The van der Waals surface area contributed by atoms with Gasteiger partial charge in [-0.05, 0) is 45.8 Å². The first kappa shape index (κ1) is 23.7. The molecule has 0 bridgehead atoms. The Labute approximate surface area is 253 Å². The van der Waals surface area contributed by atoms with Crippen LogP contribution in [0, 0.1) is 0 Å². The van der Waals surface area contributed by atoms with Crippen LogP contribution in [0.1, 0.15) is 0 Å². The van der Waals surface area contributed by atoms with Crippen molar-refractivity contribution in [3.63, 3.8) is 0 Å². The summed E-state index contributed by atoms with van der Waals surface area (Å²) in [6.45, 7) is 0. The van der Waals surface area contributed by atoms with Crippen LogP contribution < -0.4 is 0 Å². The van der Waals surface area contributed by atoms with Gasteiger partial charge in [-0.3, -0.25) is 0 Å². The number of rotatable bonds is 2. The Bertz CT molecular complexity index is 2770. The Kier molecular flexibility index (Phi) is 4.75. The molecule has 0 saturated heterocycles. The van der Waals surface area contributed by atoms with Gasteiger partial charge in [-0.25, -0.2) is 0 Å². The molecule has 0 aliphatic carbocycles. The minimum atomic E-state index is 1.20. The lowest BCUT2D eigenvalue weighted by atomic mass is 10.00. The van der Waals surface area contributed by atoms with Gasteiger partial charge in [0.1, 0.15) is 0 Å². The summed E-state index contributed by atoms with van der Waals surface area (Å²) in [5.41, 5.74) is 7.29. The molecule has 2 nitrogen and oxygen atoms in total. The van der Waals surface area contributed by atoms with Crippen LogP contribution >= 0.6 is 0 Å². The van der Waals surface area contributed by atoms with Gasteiger partial charge in [-0.2, -0.15) is 0 Å². The first-order chi connectivity index (χ1) is 21.9. The summed E-state index contributed by atoms with van der Waals surface area (Å²) in [7, 11) is 0. The summed E-state index contributed by atoms with van der Waals surface area (Å²) in [6.07, 6.45) is 0. The summed E-state index contributed by atoms with van der Waals surface area (Å²) in [5.74, 6) is 0. The number of para-hydroxylation sites is 2. The maximum Gasteiger partial charge on any atom is 0.0789 e. The van der Waals surface area contributed by atoms with Gasteiger partial charge in [0.2, 0.25) is 0 Å². The molecule has 0 fully saturated rings. The number of fused-ring (bicyclic) bond motifs is 11. The van der Waals surface area contributed by atoms with Crippen LogP contribution in [0.4, 0.5) is 0 Å². The Hall–Kier alpha value is -5.86. The van der Waals surface area contributed by atoms with Gasteiger partial charge in [-0.15, -0.1) is 0 Å². The molecule has 0 unspecified atom stereocenters. The van der Waals surface area contributed by atoms with Crippen LogP contribution in [0.5, 0.6) is 0 Å². The molecule has 2 heteroatoms. The minimum absolute atomic E-state index is 1.20. The highest BCUT2D eigenvalue weighted by atomic mass is 15.0. The van der Waals surface area contributed by atoms with Crippen molar-refractivity contribution in [3.05, 3.63) is 158 Å². The molecule has 0 amide bonds. The second-order valence-electron chi connectivity index (χ2n) is 11.7. The first-order valence-electron chi connectivity index (χ1n) is 15.2. The summed E-state index contributed by atoms with van der Waals surface area (Å²) < 4.78 is 5.04. The molecule has 2 heterocycles. The molecule has 8 aromatic carbocycles. The van der Waals surface area contributed by atoms with Crippen LogP contribution in [-0.2, 0) is 0 Å². The number of hydrogen-bond acceptors (Lipinski definition) is 0. The zero-order valence-electron chi connectivity index (χ0n) is 23.9. The van der Waals surface area contributed by atoms with Crippen molar-refractivity contribution < 1.29 is 0 Å². The topological polar surface area (TPSA) is 9.86 Å². The van der Waals surface area contributed by atoms with E-state index in [1.807, 2.05) is 0 Å². The Morgan fingerprint density at radius 3 is 1.43 bits per heavy atom. The average Bonchev–Trinajstić information content (AvgIpc) is 3.61. The van der Waals surface area contributed by atoms with Crippen molar-refractivity contribution in [2.75, 3.05) is 0 Å². The van der Waals surface area contributed by atoms with E-state index >= 15 is 0 Å². The van der Waals surface area contributed by atoms with Crippen LogP contribution in [0.3, 0.4) is 0 Å². The molecule has 0 saturated carbocycles. The highest BCUT2D eigenvalue weighted by molar-refractivity contribution is 6.25. The van der Waals surface area contributed by atoms with E-state index < -0.39 is 0 Å². The third-order valence-electron chi connectivity index (χ3n) is 9.46. The third kappa shape index (κ3) is 3.09. The molecule has 10 rings (SSSR count). The van der Waals surface area contributed by atoms with E-state index in [0.717, 1.165) is 0 Å². The van der Waals surface area contributed by atoms with Gasteiger partial charge in [0, 0.05) is 32.3 Å². The summed E-state index contributed by atoms with van der Waals surface area (Å²) >= 11 is 0. The van der Waals surface area contributed by atoms with Crippen LogP contribution in [0.15, 0.2) is 158 Å². The predicted octanol–water partition coefficient (Wildman–Crippen LogP) is 11.3. The standard InChI is InChI=1S/C42H26N2/c1-4-16-30-27(12-1)14-11-23-37(30)43-38-21-9-7-19-33(38)35-24-25-36-34-20-8-10-22-39(34)44(42(36)41(35)43)40-26-28-13-2-3-15-29(28)31-17-5-6-18-32(31)40/h1-26H. The molecule has 2 aromatic heterocycles. The number of nitrogens with zero attached hydrogens (tertiary/aromatic N) is 2. The zero-order valence-corrected chi connectivity index (χ0v) is 23.9. The normalized spacial score (nSPS) is 12.1. The van der Waals surface area contributed by atoms with Crippen molar-refractivity contribution in [1.82, 2.24) is 9.13 Å². The van der Waals surface area contributed by atoms with E-state index in [1.165, 1.54) is 87.3 Å². The fraction of sp³-hybridized carbons (Fsp3) is 0. The molecule has 0 aliphatic rings. The van der Waals surface area contributed by atoms with Crippen molar-refractivity contribution in [1.29, 1.82) is 0 Å². The van der Waals surface area contributed by atoms with E-state index in [9.17, 15) is 0 Å². The highest BCUT2D eigenvalue weighted by Crippen LogP contribution is 2.44. The fourth-order valence-electron chi connectivity index (χ4n) is 7.62. The van der Waals surface area contributed by atoms with Gasteiger partial charge in [0.05, 0.1) is 33.4 Å². The lowest BCUT2D eigenvalue weighted by molar-refractivity contribution is 1.17. The van der Waals surface area contributed by atoms with Crippen molar-refractivity contribution in [2.45, 2.75) is 0 Å². The van der Waals surface area contributed by atoms with Crippen LogP contribution in [-0.4, -0.2) is 9.13 Å². The molecule has 10 aromatic rings. The molecule has 0 N–H and O–H groups in total. The molecular formula is C42H26N2. The van der Waals surface area contributed by atoms with E-state index in [4.69, 9.17) is 0 Å². The largest absolute Gasteiger partial charge is 0.307 e. The third-order valence-corrected chi connectivity index (χ3v) is 9.46. The Balaban J connectivity index is 1.49. The summed E-state index contributed by atoms with van der Waals surface area (Å²) in [4.78, 5) is 0. The zero-order chi connectivity index (χ0) is 28.8. The molecule has 0 atom stereocenters. The summed E-state index contributed by atoms with van der Waals surface area (Å²) in [6, 6.07) is 57.8. The number of benzene rings is 8. The maximum atomic E-state index is 2.53. The molecule has 0 aliphatic heterocycles. The molecule has 0 spiro atoms. The lowest BCUT2D eigenvalue weighted by Crippen LogP contribution is -2.00. The second kappa shape index (κ2) is 8.82. The first-order valence-corrected chi connectivity index (χ1v) is 15.2. The van der Waals surface area contributed by atoms with E-state index in [0.29, 0.717) is 0 Å². The predicted molar refractivity (Wildman–Crippen MR) is 188 cm³/mol. The fourth-order valence-corrected chi connectivity index (χ4v) is 7.62. The maximum absolute atomic E-state index is 2.53. The van der Waals surface area contributed by atoms with Gasteiger partial charge in [0.25, 0.3) is 0 Å². The lowest BCUT2D eigenvalue weighted by Gasteiger charge is -2.16. The number of aromatic nitrogens is 2. The van der Waals surface area contributed by atoms with Crippen LogP contribution in [0.25, 0.3) is 87.3 Å². The van der Waals surface area contributed by atoms with Crippen molar-refractivity contribution in [2.24, 2.45) is 0 Å². The molecule has 0 radical (unpaired) electrons. The Morgan fingerprint density at radius 2 is 0.750 bits per heavy atom. The van der Waals surface area contributed by atoms with Gasteiger partial charge in [-0.1, -0.05) is 133 Å². The quantitative estimate of drug-likeness (QED) is 0.187. The number of hydrogen-bond donors (Lipinski definition) is 0. The van der Waals surface area contributed by atoms with Crippen LogP contribution in [0.2, 0.25) is 0 Å². The molecule has 44 heavy (non-hydrogen) atoms. The minimum Gasteiger partial charge on any atom is -0.307 e. The van der Waals surface area contributed by atoms with Crippen molar-refractivity contribution >= 4 is 75.9 Å². The van der Waals surface area contributed by atoms with Crippen molar-refractivity contribution in [3.8, 4) is 11.4 Å². The SMILES string of the molecule is c1ccc2c(-n3c4ccccc4c4ccc5c6ccccc6n(-c6cc7ccccc7c7ccccc67)c5c43)cccc2c1. The Morgan fingerprint density at radius 1 is 0.273 bits per heavy atom. The van der Waals surface area contributed by atoms with E-state index in [-0.39, 0.29) is 0 Å². The van der Waals surface area contributed by atoms with Gasteiger partial charge >= 0.3 is 0 Å².